The highest BCUT2D eigenvalue weighted by Gasteiger charge is 2.27. The van der Waals surface area contributed by atoms with Gasteiger partial charge in [-0.2, -0.15) is 0 Å². The van der Waals surface area contributed by atoms with Gasteiger partial charge in [-0.25, -0.2) is 8.78 Å². The number of ether oxygens (including phenoxy) is 1. The molecule has 1 aliphatic heterocycles. The number of amides is 1. The molecule has 6 heteroatoms. The highest BCUT2D eigenvalue weighted by Crippen LogP contribution is 2.23. The van der Waals surface area contributed by atoms with Crippen LogP contribution in [0.4, 0.5) is 8.78 Å². The Bertz CT molecular complexity index is 679. The zero-order valence-corrected chi connectivity index (χ0v) is 11.7. The Morgan fingerprint density at radius 1 is 1.23 bits per heavy atom. The van der Waals surface area contributed by atoms with Gasteiger partial charge in [0.25, 0.3) is 5.91 Å². The van der Waals surface area contributed by atoms with E-state index >= 15 is 0 Å². The minimum atomic E-state index is -0.724. The van der Waals surface area contributed by atoms with Crippen molar-refractivity contribution in [3.05, 3.63) is 65.5 Å². The Balaban J connectivity index is 1.80. The first-order chi connectivity index (χ1) is 10.6. The molecule has 0 unspecified atom stereocenters. The third-order valence-corrected chi connectivity index (χ3v) is 3.59. The second-order valence-electron chi connectivity index (χ2n) is 5.02. The highest BCUT2D eigenvalue weighted by atomic mass is 19.1. The van der Waals surface area contributed by atoms with Crippen LogP contribution < -0.4 is 0 Å². The number of benzene rings is 1. The molecule has 0 saturated carbocycles. The lowest BCUT2D eigenvalue weighted by molar-refractivity contribution is -0.0230. The molecule has 0 radical (unpaired) electrons. The van der Waals surface area contributed by atoms with E-state index in [9.17, 15) is 13.6 Å². The van der Waals surface area contributed by atoms with E-state index in [2.05, 4.69) is 4.98 Å². The molecule has 1 atom stereocenters. The van der Waals surface area contributed by atoms with Gasteiger partial charge >= 0.3 is 0 Å². The summed E-state index contributed by atoms with van der Waals surface area (Å²) in [7, 11) is 0. The number of carbonyl (C=O) groups is 1. The van der Waals surface area contributed by atoms with Gasteiger partial charge < -0.3 is 9.64 Å². The van der Waals surface area contributed by atoms with Crippen molar-refractivity contribution in [1.29, 1.82) is 0 Å². The van der Waals surface area contributed by atoms with Crippen molar-refractivity contribution >= 4 is 5.91 Å². The Labute approximate surface area is 126 Å². The van der Waals surface area contributed by atoms with Crippen LogP contribution in [0.3, 0.4) is 0 Å². The number of hydrogen-bond acceptors (Lipinski definition) is 3. The maximum atomic E-state index is 13.7. The summed E-state index contributed by atoms with van der Waals surface area (Å²) in [5.74, 6) is -1.89. The molecule has 1 saturated heterocycles. The van der Waals surface area contributed by atoms with Crippen LogP contribution in [-0.2, 0) is 4.74 Å². The first-order valence-electron chi connectivity index (χ1n) is 6.91. The van der Waals surface area contributed by atoms with Gasteiger partial charge in [0, 0.05) is 18.9 Å². The monoisotopic (exact) mass is 304 g/mol. The first-order valence-corrected chi connectivity index (χ1v) is 6.91. The summed E-state index contributed by atoms with van der Waals surface area (Å²) < 4.78 is 32.6. The Morgan fingerprint density at radius 2 is 2.00 bits per heavy atom. The van der Waals surface area contributed by atoms with E-state index in [-0.39, 0.29) is 11.7 Å². The lowest BCUT2D eigenvalue weighted by atomic mass is 10.1. The van der Waals surface area contributed by atoms with Crippen molar-refractivity contribution in [2.45, 2.75) is 6.10 Å². The average Bonchev–Trinajstić information content (AvgIpc) is 2.57. The maximum Gasteiger partial charge on any atom is 0.257 e. The predicted molar refractivity (Wildman–Crippen MR) is 75.2 cm³/mol. The van der Waals surface area contributed by atoms with Crippen LogP contribution in [0.15, 0.2) is 42.7 Å². The van der Waals surface area contributed by atoms with Gasteiger partial charge in [-0.1, -0.05) is 0 Å². The Morgan fingerprint density at radius 3 is 2.77 bits per heavy atom. The van der Waals surface area contributed by atoms with Crippen LogP contribution in [0.2, 0.25) is 0 Å². The van der Waals surface area contributed by atoms with E-state index < -0.39 is 17.5 Å². The second kappa shape index (κ2) is 6.19. The molecule has 22 heavy (non-hydrogen) atoms. The van der Waals surface area contributed by atoms with E-state index in [0.29, 0.717) is 19.7 Å². The number of nitrogens with zero attached hydrogens (tertiary/aromatic N) is 2. The van der Waals surface area contributed by atoms with Gasteiger partial charge in [-0.3, -0.25) is 9.78 Å². The molecule has 0 bridgehead atoms. The Kier molecular flexibility index (Phi) is 4.11. The quantitative estimate of drug-likeness (QED) is 0.856. The number of pyridine rings is 1. The number of rotatable bonds is 2. The molecule has 3 rings (SSSR count). The van der Waals surface area contributed by atoms with Crippen molar-refractivity contribution in [1.82, 2.24) is 9.88 Å². The minimum absolute atomic E-state index is 0.254. The molecule has 1 aliphatic rings. The largest absolute Gasteiger partial charge is 0.370 e. The third-order valence-electron chi connectivity index (χ3n) is 3.59. The smallest absolute Gasteiger partial charge is 0.257 e. The summed E-state index contributed by atoms with van der Waals surface area (Å²) in [5, 5.41) is 0. The molecule has 1 amide bonds. The summed E-state index contributed by atoms with van der Waals surface area (Å²) in [6, 6.07) is 6.49. The normalized spacial score (nSPS) is 18.3. The lowest BCUT2D eigenvalue weighted by Crippen LogP contribution is -2.42. The molecule has 1 aromatic heterocycles. The van der Waals surface area contributed by atoms with Gasteiger partial charge in [0.15, 0.2) is 0 Å². The zero-order chi connectivity index (χ0) is 15.5. The fraction of sp³-hybridized carbons (Fsp3) is 0.250. The van der Waals surface area contributed by atoms with Gasteiger partial charge in [-0.05, 0) is 35.9 Å². The van der Waals surface area contributed by atoms with Crippen molar-refractivity contribution < 1.29 is 18.3 Å². The van der Waals surface area contributed by atoms with Crippen LogP contribution in [0, 0.1) is 11.6 Å². The number of carbonyl (C=O) groups excluding carboxylic acids is 1. The van der Waals surface area contributed by atoms with Gasteiger partial charge in [0.05, 0.1) is 18.7 Å². The summed E-state index contributed by atoms with van der Waals surface area (Å²) in [6.07, 6.45) is 2.99. The minimum Gasteiger partial charge on any atom is -0.370 e. The van der Waals surface area contributed by atoms with Crippen molar-refractivity contribution in [3.8, 4) is 0 Å². The third kappa shape index (κ3) is 2.96. The number of hydrogen-bond donors (Lipinski definition) is 0. The predicted octanol–water partition coefficient (Wildman–Crippen LogP) is 2.57. The van der Waals surface area contributed by atoms with Crippen molar-refractivity contribution in [2.75, 3.05) is 19.7 Å². The lowest BCUT2D eigenvalue weighted by Gasteiger charge is -2.33. The average molecular weight is 304 g/mol. The van der Waals surface area contributed by atoms with E-state index in [4.69, 9.17) is 4.74 Å². The van der Waals surface area contributed by atoms with Crippen LogP contribution in [0.25, 0.3) is 0 Å². The standard InChI is InChI=1S/C16H14F2N2O2/c17-12-1-2-14(18)13(9-12)16(21)20-7-8-22-15(10-20)11-3-5-19-6-4-11/h1-6,9,15H,7-8,10H2/t15-/m0/s1. The number of morpholine rings is 1. The van der Waals surface area contributed by atoms with Gasteiger partial charge in [-0.15, -0.1) is 0 Å². The van der Waals surface area contributed by atoms with Crippen LogP contribution in [0.1, 0.15) is 22.0 Å². The molecule has 0 spiro atoms. The molecule has 1 aromatic carbocycles. The van der Waals surface area contributed by atoms with Crippen molar-refractivity contribution in [2.24, 2.45) is 0 Å². The van der Waals surface area contributed by atoms with Gasteiger partial charge in [0.1, 0.15) is 17.7 Å². The summed E-state index contributed by atoms with van der Waals surface area (Å²) >= 11 is 0. The maximum absolute atomic E-state index is 13.7. The van der Waals surface area contributed by atoms with Crippen LogP contribution in [-0.4, -0.2) is 35.5 Å². The fourth-order valence-electron chi connectivity index (χ4n) is 2.45. The van der Waals surface area contributed by atoms with E-state index in [1.807, 2.05) is 0 Å². The van der Waals surface area contributed by atoms with Crippen LogP contribution >= 0.6 is 0 Å². The molecular weight excluding hydrogens is 290 g/mol. The summed E-state index contributed by atoms with van der Waals surface area (Å²) in [5.41, 5.74) is 0.641. The summed E-state index contributed by atoms with van der Waals surface area (Å²) in [6.45, 7) is 0.977. The SMILES string of the molecule is O=C(c1cc(F)ccc1F)N1CCO[C@H](c2ccncc2)C1. The molecule has 2 aromatic rings. The molecule has 2 heterocycles. The van der Waals surface area contributed by atoms with E-state index in [0.717, 1.165) is 23.8 Å². The number of halogens is 2. The molecule has 0 N–H and O–H groups in total. The first kappa shape index (κ1) is 14.6. The van der Waals surface area contributed by atoms with Crippen LogP contribution in [0.5, 0.6) is 0 Å². The number of aromatic nitrogens is 1. The zero-order valence-electron chi connectivity index (χ0n) is 11.7. The summed E-state index contributed by atoms with van der Waals surface area (Å²) in [4.78, 5) is 17.8. The van der Waals surface area contributed by atoms with E-state index in [1.165, 1.54) is 4.90 Å². The highest BCUT2D eigenvalue weighted by molar-refractivity contribution is 5.94. The van der Waals surface area contributed by atoms with Crippen molar-refractivity contribution in [3.63, 3.8) is 0 Å². The fourth-order valence-corrected chi connectivity index (χ4v) is 2.45. The molecule has 4 nitrogen and oxygen atoms in total. The molecular formula is C16H14F2N2O2. The Hall–Kier alpha value is -2.34. The topological polar surface area (TPSA) is 42.4 Å². The van der Waals surface area contributed by atoms with Gasteiger partial charge in [0.2, 0.25) is 0 Å². The van der Waals surface area contributed by atoms with E-state index in [1.54, 1.807) is 24.5 Å². The molecule has 114 valence electrons. The second-order valence-corrected chi connectivity index (χ2v) is 5.02. The molecule has 1 fully saturated rings. The molecule has 0 aliphatic carbocycles.